The average molecular weight is 220 g/mol. The summed E-state index contributed by atoms with van der Waals surface area (Å²) >= 11 is 0. The molecule has 0 aliphatic carbocycles. The van der Waals surface area contributed by atoms with Crippen LogP contribution in [0.3, 0.4) is 0 Å². The van der Waals surface area contributed by atoms with Crippen molar-refractivity contribution in [1.82, 2.24) is 5.43 Å². The molecule has 0 spiro atoms. The molecule has 0 atom stereocenters. The Morgan fingerprint density at radius 3 is 2.56 bits per heavy atom. The fourth-order valence-electron chi connectivity index (χ4n) is 1.15. The van der Waals surface area contributed by atoms with Gasteiger partial charge in [0, 0.05) is 0 Å². The van der Waals surface area contributed by atoms with E-state index in [-0.39, 0.29) is 0 Å². The van der Waals surface area contributed by atoms with Crippen LogP contribution in [0.5, 0.6) is 0 Å². The second-order valence-electron chi connectivity index (χ2n) is 3.40. The maximum Gasteiger partial charge on any atom is 0.427 e. The van der Waals surface area contributed by atoms with Crippen molar-refractivity contribution in [3.05, 3.63) is 35.4 Å². The molecule has 0 saturated heterocycles. The molecule has 4 nitrogen and oxygen atoms in total. The number of amides is 1. The normalized spacial score (nSPS) is 11.1. The lowest BCUT2D eigenvalue weighted by Gasteiger charge is -2.03. The van der Waals surface area contributed by atoms with Crippen LogP contribution >= 0.6 is 0 Å². The zero-order chi connectivity index (χ0) is 12.0. The third-order valence-electron chi connectivity index (χ3n) is 2.06. The molecule has 0 aliphatic rings. The van der Waals surface area contributed by atoms with Crippen LogP contribution in [0.25, 0.3) is 0 Å². The van der Waals surface area contributed by atoms with Crippen molar-refractivity contribution >= 4 is 11.8 Å². The highest BCUT2D eigenvalue weighted by Crippen LogP contribution is 2.04. The number of hydrogen-bond donors (Lipinski definition) is 1. The molecule has 16 heavy (non-hydrogen) atoms. The van der Waals surface area contributed by atoms with Crippen molar-refractivity contribution in [1.29, 1.82) is 0 Å². The number of hydrogen-bond acceptors (Lipinski definition) is 3. The van der Waals surface area contributed by atoms with Gasteiger partial charge in [0.1, 0.15) is 0 Å². The number of nitrogens with one attached hydrogen (secondary N) is 1. The molecule has 0 aromatic heterocycles. The molecule has 0 heterocycles. The van der Waals surface area contributed by atoms with Crippen molar-refractivity contribution in [2.75, 3.05) is 6.61 Å². The standard InChI is InChI=1S/C12H16N2O2/c1-4-16-12(15)14-13-10(3)11-7-5-9(2)6-8-11/h5-8H,4H2,1-3H3,(H,14,15)/b13-10-. The van der Waals surface area contributed by atoms with Gasteiger partial charge in [-0.3, -0.25) is 0 Å². The summed E-state index contributed by atoms with van der Waals surface area (Å²) in [4.78, 5) is 11.0. The van der Waals surface area contributed by atoms with Gasteiger partial charge in [-0.25, -0.2) is 10.2 Å². The van der Waals surface area contributed by atoms with E-state index in [2.05, 4.69) is 10.5 Å². The highest BCUT2D eigenvalue weighted by Gasteiger charge is 2.00. The van der Waals surface area contributed by atoms with Crippen LogP contribution < -0.4 is 5.43 Å². The van der Waals surface area contributed by atoms with E-state index in [9.17, 15) is 4.79 Å². The van der Waals surface area contributed by atoms with E-state index in [0.29, 0.717) is 6.61 Å². The van der Waals surface area contributed by atoms with Gasteiger partial charge in [-0.2, -0.15) is 5.10 Å². The van der Waals surface area contributed by atoms with Crippen molar-refractivity contribution in [2.24, 2.45) is 5.10 Å². The summed E-state index contributed by atoms with van der Waals surface area (Å²) in [6.45, 7) is 5.94. The van der Waals surface area contributed by atoms with Gasteiger partial charge >= 0.3 is 6.09 Å². The van der Waals surface area contributed by atoms with E-state index >= 15 is 0 Å². The molecule has 86 valence electrons. The van der Waals surface area contributed by atoms with Gasteiger partial charge in [0.15, 0.2) is 0 Å². The number of rotatable bonds is 3. The Bertz CT molecular complexity index is 383. The molecule has 0 radical (unpaired) electrons. The topological polar surface area (TPSA) is 50.7 Å². The van der Waals surface area contributed by atoms with Crippen LogP contribution in [0.4, 0.5) is 4.79 Å². The third kappa shape index (κ3) is 3.73. The summed E-state index contributed by atoms with van der Waals surface area (Å²) in [6.07, 6.45) is -0.533. The van der Waals surface area contributed by atoms with Crippen LogP contribution in [0.1, 0.15) is 25.0 Å². The lowest BCUT2D eigenvalue weighted by atomic mass is 10.1. The van der Waals surface area contributed by atoms with Gasteiger partial charge in [-0.1, -0.05) is 29.8 Å². The molecule has 0 bridgehead atoms. The van der Waals surface area contributed by atoms with Crippen LogP contribution in [-0.2, 0) is 4.74 Å². The molecular weight excluding hydrogens is 204 g/mol. The first-order valence-electron chi connectivity index (χ1n) is 5.17. The van der Waals surface area contributed by atoms with Crippen LogP contribution in [0.15, 0.2) is 29.4 Å². The monoisotopic (exact) mass is 220 g/mol. The van der Waals surface area contributed by atoms with Crippen molar-refractivity contribution in [3.8, 4) is 0 Å². The fourth-order valence-corrected chi connectivity index (χ4v) is 1.15. The Labute approximate surface area is 95.3 Å². The first-order valence-corrected chi connectivity index (χ1v) is 5.17. The lowest BCUT2D eigenvalue weighted by Crippen LogP contribution is -2.20. The summed E-state index contributed by atoms with van der Waals surface area (Å²) < 4.78 is 4.69. The smallest absolute Gasteiger partial charge is 0.427 e. The first kappa shape index (κ1) is 12.2. The van der Waals surface area contributed by atoms with E-state index < -0.39 is 6.09 Å². The number of carbonyl (C=O) groups excluding carboxylic acids is 1. The minimum absolute atomic E-state index is 0.338. The highest BCUT2D eigenvalue weighted by molar-refractivity contribution is 5.99. The SMILES string of the molecule is CCOC(=O)N/N=C(/C)c1ccc(C)cc1. The fraction of sp³-hybridized carbons (Fsp3) is 0.333. The Morgan fingerprint density at radius 1 is 1.38 bits per heavy atom. The van der Waals surface area contributed by atoms with Crippen LogP contribution in [0.2, 0.25) is 0 Å². The molecule has 1 N–H and O–H groups in total. The summed E-state index contributed by atoms with van der Waals surface area (Å²) in [5.41, 5.74) is 5.23. The summed E-state index contributed by atoms with van der Waals surface area (Å²) in [6, 6.07) is 7.92. The Balaban J connectivity index is 2.63. The zero-order valence-electron chi connectivity index (χ0n) is 9.78. The molecule has 1 aromatic rings. The molecule has 1 aromatic carbocycles. The van der Waals surface area contributed by atoms with Gasteiger partial charge in [0.25, 0.3) is 0 Å². The van der Waals surface area contributed by atoms with Crippen molar-refractivity contribution in [3.63, 3.8) is 0 Å². The summed E-state index contributed by atoms with van der Waals surface area (Å²) in [5.74, 6) is 0. The number of benzene rings is 1. The second kappa shape index (κ2) is 5.90. The maximum absolute atomic E-state index is 11.0. The minimum atomic E-state index is -0.533. The van der Waals surface area contributed by atoms with Gasteiger partial charge in [0.05, 0.1) is 12.3 Å². The molecule has 1 amide bonds. The minimum Gasteiger partial charge on any atom is -0.449 e. The summed E-state index contributed by atoms with van der Waals surface area (Å²) in [7, 11) is 0. The number of carbonyl (C=O) groups is 1. The summed E-state index contributed by atoms with van der Waals surface area (Å²) in [5, 5.41) is 3.93. The number of aryl methyl sites for hydroxylation is 1. The Hall–Kier alpha value is -1.84. The van der Waals surface area contributed by atoms with Crippen LogP contribution in [-0.4, -0.2) is 18.4 Å². The molecule has 0 fully saturated rings. The molecular formula is C12H16N2O2. The quantitative estimate of drug-likeness (QED) is 0.628. The number of hydrazone groups is 1. The van der Waals surface area contributed by atoms with Crippen LogP contribution in [0, 0.1) is 6.92 Å². The Kier molecular flexibility index (Phi) is 4.51. The largest absolute Gasteiger partial charge is 0.449 e. The predicted octanol–water partition coefficient (Wildman–Crippen LogP) is 2.47. The van der Waals surface area contributed by atoms with E-state index in [0.717, 1.165) is 11.3 Å². The van der Waals surface area contributed by atoms with Crippen molar-refractivity contribution < 1.29 is 9.53 Å². The van der Waals surface area contributed by atoms with E-state index in [1.165, 1.54) is 5.56 Å². The maximum atomic E-state index is 11.0. The Morgan fingerprint density at radius 2 is 2.00 bits per heavy atom. The van der Waals surface area contributed by atoms with Gasteiger partial charge in [-0.15, -0.1) is 0 Å². The first-order chi connectivity index (χ1) is 7.63. The number of ether oxygens (including phenoxy) is 1. The van der Waals surface area contributed by atoms with Gasteiger partial charge in [-0.05, 0) is 26.3 Å². The molecule has 0 saturated carbocycles. The molecule has 4 heteroatoms. The predicted molar refractivity (Wildman–Crippen MR) is 63.5 cm³/mol. The van der Waals surface area contributed by atoms with E-state index in [4.69, 9.17) is 4.74 Å². The highest BCUT2D eigenvalue weighted by atomic mass is 16.5. The number of nitrogens with zero attached hydrogens (tertiary/aromatic N) is 1. The van der Waals surface area contributed by atoms with Gasteiger partial charge < -0.3 is 4.74 Å². The average Bonchev–Trinajstić information content (AvgIpc) is 2.27. The lowest BCUT2D eigenvalue weighted by molar-refractivity contribution is 0.152. The second-order valence-corrected chi connectivity index (χ2v) is 3.40. The molecule has 0 aliphatic heterocycles. The zero-order valence-corrected chi connectivity index (χ0v) is 9.78. The van der Waals surface area contributed by atoms with Gasteiger partial charge in [0.2, 0.25) is 0 Å². The van der Waals surface area contributed by atoms with E-state index in [1.54, 1.807) is 6.92 Å². The van der Waals surface area contributed by atoms with Crippen molar-refractivity contribution in [2.45, 2.75) is 20.8 Å². The molecule has 1 rings (SSSR count). The van der Waals surface area contributed by atoms with E-state index in [1.807, 2.05) is 38.1 Å². The third-order valence-corrected chi connectivity index (χ3v) is 2.06. The molecule has 0 unspecified atom stereocenters.